The molecule has 0 heterocycles. The van der Waals surface area contributed by atoms with E-state index in [1.807, 2.05) is 6.92 Å². The number of aryl methyl sites for hydroxylation is 1. The number of nitrogens with one attached hydrogen (secondary N) is 1. The third-order valence-corrected chi connectivity index (χ3v) is 5.65. The van der Waals surface area contributed by atoms with Gasteiger partial charge in [0.15, 0.2) is 11.6 Å². The van der Waals surface area contributed by atoms with Crippen LogP contribution >= 0.6 is 15.9 Å². The van der Waals surface area contributed by atoms with Crippen molar-refractivity contribution in [2.75, 3.05) is 4.72 Å². The Labute approximate surface area is 164 Å². The van der Waals surface area contributed by atoms with Gasteiger partial charge in [-0.1, -0.05) is 17.7 Å². The molecule has 0 unspecified atom stereocenters. The van der Waals surface area contributed by atoms with Gasteiger partial charge in [0.1, 0.15) is 11.6 Å². The van der Waals surface area contributed by atoms with Crippen molar-refractivity contribution in [2.45, 2.75) is 11.8 Å². The molecule has 0 atom stereocenters. The molecule has 0 aliphatic rings. The number of hydrogen-bond acceptors (Lipinski definition) is 3. The van der Waals surface area contributed by atoms with Crippen LogP contribution in [-0.4, -0.2) is 8.42 Å². The second-order valence-corrected chi connectivity index (χ2v) is 8.28. The van der Waals surface area contributed by atoms with E-state index < -0.39 is 21.7 Å². The molecule has 0 aliphatic heterocycles. The normalized spacial score (nSPS) is 11.3. The van der Waals surface area contributed by atoms with E-state index in [0.29, 0.717) is 16.2 Å². The number of benzene rings is 3. The van der Waals surface area contributed by atoms with Crippen LogP contribution in [0.2, 0.25) is 0 Å². The second-order valence-electron chi connectivity index (χ2n) is 5.74. The minimum absolute atomic E-state index is 0.137. The van der Waals surface area contributed by atoms with Crippen molar-refractivity contribution in [1.29, 1.82) is 0 Å². The molecule has 0 bridgehead atoms. The Hall–Kier alpha value is -2.45. The minimum atomic E-state index is -3.74. The van der Waals surface area contributed by atoms with Gasteiger partial charge < -0.3 is 4.74 Å². The molecular formula is C19H14BrF2NO3S. The summed E-state index contributed by atoms with van der Waals surface area (Å²) in [5.41, 5.74) is 1.25. The molecule has 0 spiro atoms. The molecule has 27 heavy (non-hydrogen) atoms. The monoisotopic (exact) mass is 453 g/mol. The van der Waals surface area contributed by atoms with E-state index in [1.54, 1.807) is 12.1 Å². The average molecular weight is 454 g/mol. The van der Waals surface area contributed by atoms with Crippen LogP contribution in [0.25, 0.3) is 0 Å². The molecule has 3 aromatic rings. The van der Waals surface area contributed by atoms with Crippen LogP contribution in [-0.2, 0) is 10.0 Å². The number of rotatable bonds is 5. The minimum Gasteiger partial charge on any atom is -0.453 e. The zero-order chi connectivity index (χ0) is 19.6. The molecule has 4 nitrogen and oxygen atoms in total. The quantitative estimate of drug-likeness (QED) is 0.544. The molecule has 0 amide bonds. The fourth-order valence-electron chi connectivity index (χ4n) is 2.26. The largest absolute Gasteiger partial charge is 0.453 e. The topological polar surface area (TPSA) is 55.4 Å². The fourth-order valence-corrected chi connectivity index (χ4v) is 3.76. The number of ether oxygens (including phenoxy) is 1. The predicted octanol–water partition coefficient (Wildman–Crippen LogP) is 5.63. The van der Waals surface area contributed by atoms with Crippen molar-refractivity contribution >= 4 is 31.6 Å². The second kappa shape index (κ2) is 7.66. The van der Waals surface area contributed by atoms with Crippen molar-refractivity contribution < 1.29 is 21.9 Å². The average Bonchev–Trinajstić information content (AvgIpc) is 2.59. The maximum atomic E-state index is 13.7. The van der Waals surface area contributed by atoms with Crippen LogP contribution in [0.1, 0.15) is 5.56 Å². The lowest BCUT2D eigenvalue weighted by atomic mass is 10.2. The molecule has 0 saturated heterocycles. The Balaban J connectivity index is 1.81. The molecule has 3 aromatic carbocycles. The third kappa shape index (κ3) is 4.64. The summed E-state index contributed by atoms with van der Waals surface area (Å²) in [5, 5.41) is 0. The SMILES string of the molecule is Cc1ccc(S(=O)(=O)Nc2ccc(Oc3ccc(F)cc3F)c(Br)c2)cc1. The van der Waals surface area contributed by atoms with Crippen molar-refractivity contribution in [1.82, 2.24) is 0 Å². The number of anilines is 1. The van der Waals surface area contributed by atoms with E-state index in [-0.39, 0.29) is 16.4 Å². The van der Waals surface area contributed by atoms with Crippen LogP contribution < -0.4 is 9.46 Å². The highest BCUT2D eigenvalue weighted by Gasteiger charge is 2.15. The summed E-state index contributed by atoms with van der Waals surface area (Å²) in [6.45, 7) is 1.86. The summed E-state index contributed by atoms with van der Waals surface area (Å²) in [6, 6.07) is 13.9. The van der Waals surface area contributed by atoms with Crippen LogP contribution in [0, 0.1) is 18.6 Å². The Bertz CT molecular complexity index is 1090. The Morgan fingerprint density at radius 1 is 0.926 bits per heavy atom. The predicted molar refractivity (Wildman–Crippen MR) is 103 cm³/mol. The van der Waals surface area contributed by atoms with Gasteiger partial charge >= 0.3 is 0 Å². The smallest absolute Gasteiger partial charge is 0.261 e. The maximum Gasteiger partial charge on any atom is 0.261 e. The standard InChI is InChI=1S/C19H14BrF2NO3S/c1-12-2-6-15(7-3-12)27(24,25)23-14-5-9-18(16(20)11-14)26-19-8-4-13(21)10-17(19)22/h2-11,23H,1H3. The van der Waals surface area contributed by atoms with Crippen molar-refractivity contribution in [3.63, 3.8) is 0 Å². The van der Waals surface area contributed by atoms with Crippen LogP contribution in [0.5, 0.6) is 11.5 Å². The first-order valence-electron chi connectivity index (χ1n) is 7.76. The van der Waals surface area contributed by atoms with E-state index in [1.165, 1.54) is 36.4 Å². The molecule has 0 radical (unpaired) electrons. The van der Waals surface area contributed by atoms with Gasteiger partial charge in [0, 0.05) is 6.07 Å². The lowest BCUT2D eigenvalue weighted by Crippen LogP contribution is -2.12. The number of halogens is 3. The first-order valence-corrected chi connectivity index (χ1v) is 10.0. The molecule has 0 saturated carbocycles. The first kappa shape index (κ1) is 19.3. The summed E-state index contributed by atoms with van der Waals surface area (Å²) in [4.78, 5) is 0.137. The molecular weight excluding hydrogens is 440 g/mol. The molecule has 0 fully saturated rings. The third-order valence-electron chi connectivity index (χ3n) is 3.63. The van der Waals surface area contributed by atoms with Crippen molar-refractivity contribution in [3.8, 4) is 11.5 Å². The lowest BCUT2D eigenvalue weighted by molar-refractivity contribution is 0.435. The molecule has 3 rings (SSSR count). The summed E-state index contributed by atoms with van der Waals surface area (Å²) < 4.78 is 59.8. The van der Waals surface area contributed by atoms with Crippen molar-refractivity contribution in [2.24, 2.45) is 0 Å². The molecule has 8 heteroatoms. The molecule has 0 aliphatic carbocycles. The van der Waals surface area contributed by atoms with Gasteiger partial charge in [0.05, 0.1) is 15.1 Å². The Morgan fingerprint density at radius 3 is 2.22 bits per heavy atom. The first-order chi connectivity index (χ1) is 12.7. The van der Waals surface area contributed by atoms with E-state index in [4.69, 9.17) is 4.74 Å². The van der Waals surface area contributed by atoms with Gasteiger partial charge in [-0.25, -0.2) is 17.2 Å². The van der Waals surface area contributed by atoms with Crippen LogP contribution in [0.3, 0.4) is 0 Å². The molecule has 140 valence electrons. The van der Waals surface area contributed by atoms with Gasteiger partial charge in [-0.3, -0.25) is 4.72 Å². The summed E-state index contributed by atoms with van der Waals surface area (Å²) in [6.07, 6.45) is 0. The Kier molecular flexibility index (Phi) is 5.48. The van der Waals surface area contributed by atoms with Gasteiger partial charge in [-0.05, 0) is 65.3 Å². The summed E-state index contributed by atoms with van der Waals surface area (Å²) in [7, 11) is -3.74. The van der Waals surface area contributed by atoms with Gasteiger partial charge in [0.2, 0.25) is 0 Å². The van der Waals surface area contributed by atoms with E-state index >= 15 is 0 Å². The molecule has 0 aromatic heterocycles. The summed E-state index contributed by atoms with van der Waals surface area (Å²) >= 11 is 3.26. The highest BCUT2D eigenvalue weighted by atomic mass is 79.9. The Morgan fingerprint density at radius 2 is 1.59 bits per heavy atom. The lowest BCUT2D eigenvalue weighted by Gasteiger charge is -2.12. The van der Waals surface area contributed by atoms with Crippen LogP contribution in [0.15, 0.2) is 70.0 Å². The van der Waals surface area contributed by atoms with Gasteiger partial charge in [-0.2, -0.15) is 0 Å². The molecule has 1 N–H and O–H groups in total. The van der Waals surface area contributed by atoms with Crippen molar-refractivity contribution in [3.05, 3.63) is 82.3 Å². The highest BCUT2D eigenvalue weighted by molar-refractivity contribution is 9.10. The fraction of sp³-hybridized carbons (Fsp3) is 0.0526. The zero-order valence-corrected chi connectivity index (χ0v) is 16.4. The number of sulfonamides is 1. The van der Waals surface area contributed by atoms with Gasteiger partial charge in [-0.15, -0.1) is 0 Å². The van der Waals surface area contributed by atoms with Crippen LogP contribution in [0.4, 0.5) is 14.5 Å². The zero-order valence-electron chi connectivity index (χ0n) is 14.0. The highest BCUT2D eigenvalue weighted by Crippen LogP contribution is 2.33. The van der Waals surface area contributed by atoms with E-state index in [2.05, 4.69) is 20.7 Å². The summed E-state index contributed by atoms with van der Waals surface area (Å²) in [5.74, 6) is -1.45. The maximum absolute atomic E-state index is 13.7. The number of hydrogen-bond donors (Lipinski definition) is 1. The van der Waals surface area contributed by atoms with E-state index in [0.717, 1.165) is 11.6 Å². The van der Waals surface area contributed by atoms with Gasteiger partial charge in [0.25, 0.3) is 10.0 Å². The van der Waals surface area contributed by atoms with E-state index in [9.17, 15) is 17.2 Å².